The van der Waals surface area contributed by atoms with E-state index in [1.807, 2.05) is 0 Å². The highest BCUT2D eigenvalue weighted by molar-refractivity contribution is 5.78. The van der Waals surface area contributed by atoms with Crippen LogP contribution >= 0.6 is 0 Å². The van der Waals surface area contributed by atoms with Crippen LogP contribution in [0, 0.1) is 0 Å². The van der Waals surface area contributed by atoms with Crippen molar-refractivity contribution in [1.29, 1.82) is 0 Å². The zero-order chi connectivity index (χ0) is 12.1. The molecule has 2 heteroatoms. The van der Waals surface area contributed by atoms with Crippen molar-refractivity contribution in [3.05, 3.63) is 34.9 Å². The molecule has 0 atom stereocenters. The molecule has 0 radical (unpaired) electrons. The molecule has 1 amide bonds. The maximum absolute atomic E-state index is 11.6. The average Bonchev–Trinajstić information content (AvgIpc) is 2.36. The van der Waals surface area contributed by atoms with E-state index in [4.69, 9.17) is 0 Å². The predicted molar refractivity (Wildman–Crippen MR) is 70.1 cm³/mol. The van der Waals surface area contributed by atoms with Gasteiger partial charge in [0.05, 0.1) is 6.42 Å². The van der Waals surface area contributed by atoms with Crippen molar-refractivity contribution < 1.29 is 4.79 Å². The van der Waals surface area contributed by atoms with E-state index in [1.54, 1.807) is 0 Å². The van der Waals surface area contributed by atoms with Crippen molar-refractivity contribution >= 4 is 5.91 Å². The number of hydrogen-bond donors (Lipinski definition) is 1. The monoisotopic (exact) mass is 231 g/mol. The summed E-state index contributed by atoms with van der Waals surface area (Å²) in [7, 11) is 0. The van der Waals surface area contributed by atoms with E-state index in [2.05, 4.69) is 30.4 Å². The van der Waals surface area contributed by atoms with Crippen molar-refractivity contribution in [1.82, 2.24) is 5.32 Å². The number of fused-ring (bicyclic) bond motifs is 1. The Balaban J connectivity index is 1.99. The maximum atomic E-state index is 11.6. The van der Waals surface area contributed by atoms with Gasteiger partial charge in [0, 0.05) is 6.54 Å². The summed E-state index contributed by atoms with van der Waals surface area (Å²) in [4.78, 5) is 11.6. The molecule has 17 heavy (non-hydrogen) atoms. The van der Waals surface area contributed by atoms with Gasteiger partial charge in [0.15, 0.2) is 0 Å². The number of benzene rings is 1. The number of carbonyl (C=O) groups excluding carboxylic acids is 1. The molecule has 0 aliphatic heterocycles. The second-order valence-electron chi connectivity index (χ2n) is 4.84. The third-order valence-electron chi connectivity index (χ3n) is 3.35. The first-order chi connectivity index (χ1) is 8.29. The first-order valence-electron chi connectivity index (χ1n) is 6.67. The highest BCUT2D eigenvalue weighted by Gasteiger charge is 2.10. The van der Waals surface area contributed by atoms with E-state index in [0.29, 0.717) is 6.42 Å². The highest BCUT2D eigenvalue weighted by Crippen LogP contribution is 2.22. The van der Waals surface area contributed by atoms with Gasteiger partial charge in [0.2, 0.25) is 5.91 Å². The first kappa shape index (κ1) is 12.2. The number of amides is 1. The molecule has 0 spiro atoms. The van der Waals surface area contributed by atoms with Crippen LogP contribution in [0.15, 0.2) is 18.2 Å². The van der Waals surface area contributed by atoms with Crippen LogP contribution in [0.3, 0.4) is 0 Å². The Labute approximate surface area is 103 Å². The first-order valence-corrected chi connectivity index (χ1v) is 6.67. The fraction of sp³-hybridized carbons (Fsp3) is 0.533. The summed E-state index contributed by atoms with van der Waals surface area (Å²) in [6, 6.07) is 6.53. The minimum atomic E-state index is 0.141. The lowest BCUT2D eigenvalue weighted by atomic mass is 9.90. The van der Waals surface area contributed by atoms with E-state index in [1.165, 1.54) is 36.8 Å². The van der Waals surface area contributed by atoms with Gasteiger partial charge >= 0.3 is 0 Å². The zero-order valence-electron chi connectivity index (χ0n) is 10.6. The van der Waals surface area contributed by atoms with Gasteiger partial charge in [-0.25, -0.2) is 0 Å². The number of rotatable bonds is 4. The third kappa shape index (κ3) is 3.32. The number of nitrogens with one attached hydrogen (secondary N) is 1. The normalized spacial score (nSPS) is 14.2. The van der Waals surface area contributed by atoms with Crippen LogP contribution < -0.4 is 5.32 Å². The summed E-state index contributed by atoms with van der Waals surface area (Å²) < 4.78 is 0. The predicted octanol–water partition coefficient (Wildman–Crippen LogP) is 2.63. The van der Waals surface area contributed by atoms with Gasteiger partial charge in [-0.05, 0) is 48.8 Å². The van der Waals surface area contributed by atoms with Crippen LogP contribution in [0.5, 0.6) is 0 Å². The minimum absolute atomic E-state index is 0.141. The Morgan fingerprint density at radius 2 is 2.00 bits per heavy atom. The van der Waals surface area contributed by atoms with E-state index >= 15 is 0 Å². The molecule has 1 aliphatic rings. The van der Waals surface area contributed by atoms with E-state index < -0.39 is 0 Å². The number of carbonyl (C=O) groups is 1. The van der Waals surface area contributed by atoms with E-state index in [0.717, 1.165) is 18.5 Å². The largest absolute Gasteiger partial charge is 0.356 e. The van der Waals surface area contributed by atoms with Crippen molar-refractivity contribution in [2.45, 2.75) is 45.4 Å². The molecular weight excluding hydrogens is 210 g/mol. The van der Waals surface area contributed by atoms with Crippen molar-refractivity contribution in [2.24, 2.45) is 0 Å². The Hall–Kier alpha value is -1.31. The van der Waals surface area contributed by atoms with Crippen LogP contribution in [0.25, 0.3) is 0 Å². The summed E-state index contributed by atoms with van der Waals surface area (Å²) in [5.74, 6) is 0.141. The molecule has 92 valence electrons. The van der Waals surface area contributed by atoms with Gasteiger partial charge < -0.3 is 5.32 Å². The molecule has 1 aromatic carbocycles. The van der Waals surface area contributed by atoms with Gasteiger partial charge in [-0.2, -0.15) is 0 Å². The van der Waals surface area contributed by atoms with Crippen LogP contribution in [0.2, 0.25) is 0 Å². The molecule has 0 bridgehead atoms. The second kappa shape index (κ2) is 5.85. The Morgan fingerprint density at radius 3 is 2.76 bits per heavy atom. The molecule has 1 aromatic rings. The van der Waals surface area contributed by atoms with Gasteiger partial charge in [0.25, 0.3) is 0 Å². The molecule has 1 aliphatic carbocycles. The quantitative estimate of drug-likeness (QED) is 0.848. The molecule has 1 N–H and O–H groups in total. The lowest BCUT2D eigenvalue weighted by molar-refractivity contribution is -0.120. The van der Waals surface area contributed by atoms with Crippen molar-refractivity contribution in [2.75, 3.05) is 6.54 Å². The molecule has 0 fully saturated rings. The molecule has 0 saturated heterocycles. The fourth-order valence-electron chi connectivity index (χ4n) is 2.41. The summed E-state index contributed by atoms with van der Waals surface area (Å²) >= 11 is 0. The van der Waals surface area contributed by atoms with Crippen LogP contribution in [0.4, 0.5) is 0 Å². The fourth-order valence-corrected chi connectivity index (χ4v) is 2.41. The van der Waals surface area contributed by atoms with Crippen LogP contribution in [0.1, 0.15) is 42.9 Å². The zero-order valence-corrected chi connectivity index (χ0v) is 10.6. The van der Waals surface area contributed by atoms with Crippen LogP contribution in [-0.4, -0.2) is 12.5 Å². The highest BCUT2D eigenvalue weighted by atomic mass is 16.1. The van der Waals surface area contributed by atoms with Crippen molar-refractivity contribution in [3.8, 4) is 0 Å². The molecular formula is C15H21NO. The summed E-state index contributed by atoms with van der Waals surface area (Å²) in [6.45, 7) is 2.85. The van der Waals surface area contributed by atoms with Gasteiger partial charge in [-0.1, -0.05) is 25.1 Å². The maximum Gasteiger partial charge on any atom is 0.224 e. The Kier molecular flexibility index (Phi) is 4.18. The van der Waals surface area contributed by atoms with Gasteiger partial charge in [0.1, 0.15) is 0 Å². The minimum Gasteiger partial charge on any atom is -0.356 e. The number of hydrogen-bond acceptors (Lipinski definition) is 1. The van der Waals surface area contributed by atoms with Crippen molar-refractivity contribution in [3.63, 3.8) is 0 Å². The van der Waals surface area contributed by atoms with Gasteiger partial charge in [-0.3, -0.25) is 4.79 Å². The van der Waals surface area contributed by atoms with E-state index in [-0.39, 0.29) is 5.91 Å². The molecule has 0 heterocycles. The molecule has 0 unspecified atom stereocenters. The van der Waals surface area contributed by atoms with Gasteiger partial charge in [-0.15, -0.1) is 0 Å². The lowest BCUT2D eigenvalue weighted by Gasteiger charge is -2.16. The third-order valence-corrected chi connectivity index (χ3v) is 3.35. The summed E-state index contributed by atoms with van der Waals surface area (Å²) in [6.07, 6.45) is 6.50. The second-order valence-corrected chi connectivity index (χ2v) is 4.84. The Bertz CT molecular complexity index is 398. The Morgan fingerprint density at radius 1 is 1.24 bits per heavy atom. The SMILES string of the molecule is CCCNC(=O)Cc1ccc2c(c1)CCCC2. The topological polar surface area (TPSA) is 29.1 Å². The average molecular weight is 231 g/mol. The summed E-state index contributed by atoms with van der Waals surface area (Å²) in [5.41, 5.74) is 4.09. The van der Waals surface area contributed by atoms with E-state index in [9.17, 15) is 4.79 Å². The standard InChI is InChI=1S/C15H21NO/c1-2-9-16-15(17)11-12-7-8-13-5-3-4-6-14(13)10-12/h7-8,10H,2-6,9,11H2,1H3,(H,16,17). The number of aryl methyl sites for hydroxylation is 2. The molecule has 2 rings (SSSR count). The van der Waals surface area contributed by atoms with Crippen LogP contribution in [-0.2, 0) is 24.1 Å². The molecule has 0 saturated carbocycles. The smallest absolute Gasteiger partial charge is 0.224 e. The lowest BCUT2D eigenvalue weighted by Crippen LogP contribution is -2.25. The molecule has 0 aromatic heterocycles. The summed E-state index contributed by atoms with van der Waals surface area (Å²) in [5, 5.41) is 2.92. The molecule has 2 nitrogen and oxygen atoms in total.